The minimum absolute atomic E-state index is 0.162. The van der Waals surface area contributed by atoms with E-state index in [1.165, 1.54) is 0 Å². The molecule has 1 fully saturated rings. The van der Waals surface area contributed by atoms with Crippen LogP contribution in [0.5, 0.6) is 0 Å². The molecule has 0 radical (unpaired) electrons. The van der Waals surface area contributed by atoms with Crippen LogP contribution in [0.1, 0.15) is 46.6 Å². The second kappa shape index (κ2) is 3.74. The molecule has 0 spiro atoms. The van der Waals surface area contributed by atoms with E-state index in [0.717, 1.165) is 23.5 Å². The summed E-state index contributed by atoms with van der Waals surface area (Å²) in [6, 6.07) is 4.62. The molecule has 2 rings (SSSR count). The van der Waals surface area contributed by atoms with Gasteiger partial charge in [-0.05, 0) is 52.7 Å². The fraction of sp³-hybridized carbons (Fsp3) is 0.600. The van der Waals surface area contributed by atoms with Gasteiger partial charge in [0.25, 0.3) is 0 Å². The molecule has 1 saturated heterocycles. The topological polar surface area (TPSA) is 17.0 Å². The first-order chi connectivity index (χ1) is 7.70. The second-order valence-electron chi connectivity index (χ2n) is 6.64. The maximum Gasteiger partial charge on any atom is 0.0376 e. The predicted octanol–water partition coefficient (Wildman–Crippen LogP) is 1.79. The second-order valence-corrected chi connectivity index (χ2v) is 6.64. The number of piperidine rings is 1. The summed E-state index contributed by atoms with van der Waals surface area (Å²) in [7, 11) is 0. The lowest BCUT2D eigenvalue weighted by atomic mass is 9.79. The van der Waals surface area contributed by atoms with E-state index in [4.69, 9.17) is 0 Å². The maximum atomic E-state index is 4.11. The number of rotatable bonds is 1. The summed E-state index contributed by atoms with van der Waals surface area (Å²) in [6.45, 7) is 17.3. The van der Waals surface area contributed by atoms with Gasteiger partial charge in [-0.2, -0.15) is 0 Å². The molecule has 1 aromatic heterocycles. The molecule has 0 aliphatic carbocycles. The first-order valence-corrected chi connectivity index (χ1v) is 6.35. The molecule has 0 unspecified atom stereocenters. The highest BCUT2D eigenvalue weighted by molar-refractivity contribution is 5.12. The van der Waals surface area contributed by atoms with Crippen LogP contribution >= 0.6 is 0 Å². The van der Waals surface area contributed by atoms with Crippen molar-refractivity contribution in [3.05, 3.63) is 22.8 Å². The van der Waals surface area contributed by atoms with E-state index >= 15 is 0 Å². The van der Waals surface area contributed by atoms with Crippen molar-refractivity contribution in [3.8, 4) is 0 Å². The smallest absolute Gasteiger partial charge is 0.0376 e. The average molecular weight is 232 g/mol. The largest absolute Gasteiger partial charge is 0.339 e. The molecule has 0 bridgehead atoms. The monoisotopic (exact) mass is 232 g/mol. The van der Waals surface area contributed by atoms with Gasteiger partial charge in [-0.15, -0.1) is 0 Å². The highest BCUT2D eigenvalue weighted by atomic mass is 15.1. The summed E-state index contributed by atoms with van der Waals surface area (Å²) >= 11 is 0. The summed E-state index contributed by atoms with van der Waals surface area (Å²) in [5.41, 5.74) is 0.325. The molecule has 0 atom stereocenters. The van der Waals surface area contributed by atoms with Crippen molar-refractivity contribution in [1.82, 2.24) is 9.88 Å². The van der Waals surface area contributed by atoms with Gasteiger partial charge in [0.1, 0.15) is 0 Å². The van der Waals surface area contributed by atoms with Gasteiger partial charge in [-0.25, -0.2) is 0 Å². The van der Waals surface area contributed by atoms with Gasteiger partial charge in [0.05, 0.1) is 0 Å². The van der Waals surface area contributed by atoms with Crippen molar-refractivity contribution >= 4 is 13.2 Å². The Labute approximate surface area is 104 Å². The van der Waals surface area contributed by atoms with Crippen LogP contribution in [0.2, 0.25) is 0 Å². The van der Waals surface area contributed by atoms with Crippen LogP contribution in [0.3, 0.4) is 0 Å². The summed E-state index contributed by atoms with van der Waals surface area (Å²) in [4.78, 5) is 0. The lowest BCUT2D eigenvalue weighted by Gasteiger charge is -2.47. The molecule has 2 nitrogen and oxygen atoms in total. The van der Waals surface area contributed by atoms with Crippen LogP contribution in [-0.2, 0) is 0 Å². The number of hydrogen-bond acceptors (Lipinski definition) is 1. The van der Waals surface area contributed by atoms with Gasteiger partial charge >= 0.3 is 0 Å². The molecule has 1 N–H and O–H groups in total. The Kier molecular flexibility index (Phi) is 2.74. The fourth-order valence-corrected chi connectivity index (χ4v) is 3.46. The van der Waals surface area contributed by atoms with Gasteiger partial charge in [0, 0.05) is 27.8 Å². The van der Waals surface area contributed by atoms with Crippen LogP contribution in [0.4, 0.5) is 0 Å². The van der Waals surface area contributed by atoms with Crippen molar-refractivity contribution in [1.29, 1.82) is 0 Å². The lowest BCUT2D eigenvalue weighted by molar-refractivity contribution is 0.130. The average Bonchev–Trinajstić information content (AvgIpc) is 2.40. The Morgan fingerprint density at radius 3 is 1.88 bits per heavy atom. The Morgan fingerprint density at radius 2 is 1.47 bits per heavy atom. The maximum absolute atomic E-state index is 4.11. The van der Waals surface area contributed by atoms with Crippen molar-refractivity contribution < 1.29 is 0 Å². The predicted molar refractivity (Wildman–Crippen MR) is 74.3 cm³/mol. The highest BCUT2D eigenvalue weighted by Gasteiger charge is 2.38. The van der Waals surface area contributed by atoms with Crippen LogP contribution in [-0.4, -0.2) is 15.6 Å². The number of hydrogen-bond donors (Lipinski definition) is 1. The summed E-state index contributed by atoms with van der Waals surface area (Å²) in [5.74, 6) is 0. The lowest BCUT2D eigenvalue weighted by Crippen LogP contribution is -2.59. The zero-order valence-electron chi connectivity index (χ0n) is 11.5. The van der Waals surface area contributed by atoms with Gasteiger partial charge in [0.15, 0.2) is 0 Å². The molecular formula is C15H24N2. The third-order valence-electron chi connectivity index (χ3n) is 3.62. The minimum Gasteiger partial charge on any atom is -0.339 e. The third-order valence-corrected chi connectivity index (χ3v) is 3.62. The molecular weight excluding hydrogens is 208 g/mol. The van der Waals surface area contributed by atoms with Crippen molar-refractivity contribution in [2.45, 2.75) is 57.7 Å². The van der Waals surface area contributed by atoms with Crippen molar-refractivity contribution in [2.24, 2.45) is 0 Å². The van der Waals surface area contributed by atoms with E-state index in [9.17, 15) is 0 Å². The van der Waals surface area contributed by atoms with E-state index in [1.807, 2.05) is 0 Å². The van der Waals surface area contributed by atoms with Crippen LogP contribution in [0.15, 0.2) is 12.1 Å². The summed E-state index contributed by atoms with van der Waals surface area (Å²) in [5, 5.41) is 5.86. The standard InChI is InChI=1S/C15H24N2/c1-11-7-8-12(2)17(11)13-9-14(3,4)16-15(5,6)10-13/h7-8,13,16H,1-2,9-10H2,3-6H3. The number of nitrogens with zero attached hydrogens (tertiary/aromatic N) is 1. The zero-order chi connectivity index (χ0) is 12.8. The van der Waals surface area contributed by atoms with E-state index < -0.39 is 0 Å². The van der Waals surface area contributed by atoms with Gasteiger partial charge in [0.2, 0.25) is 0 Å². The quantitative estimate of drug-likeness (QED) is 0.781. The molecule has 0 saturated carbocycles. The Hall–Kier alpha value is -1.02. The highest BCUT2D eigenvalue weighted by Crippen LogP contribution is 2.34. The van der Waals surface area contributed by atoms with Gasteiger partial charge in [-0.1, -0.05) is 13.2 Å². The van der Waals surface area contributed by atoms with E-state index in [0.29, 0.717) is 6.04 Å². The normalized spacial score (nSPS) is 23.8. The van der Waals surface area contributed by atoms with Crippen molar-refractivity contribution in [2.75, 3.05) is 0 Å². The first kappa shape index (κ1) is 12.4. The summed E-state index contributed by atoms with van der Waals surface area (Å²) in [6.07, 6.45) is 2.24. The Balaban J connectivity index is 2.40. The SMILES string of the molecule is C=c1ccc(=C)n1C1CC(C)(C)NC(C)(C)C1. The molecule has 0 aromatic carbocycles. The van der Waals surface area contributed by atoms with Crippen LogP contribution in [0.25, 0.3) is 13.2 Å². The minimum atomic E-state index is 0.162. The molecule has 0 amide bonds. The molecule has 1 aromatic rings. The molecule has 2 heteroatoms. The van der Waals surface area contributed by atoms with Gasteiger partial charge < -0.3 is 9.88 Å². The van der Waals surface area contributed by atoms with E-state index in [-0.39, 0.29) is 11.1 Å². The first-order valence-electron chi connectivity index (χ1n) is 6.35. The molecule has 17 heavy (non-hydrogen) atoms. The third kappa shape index (κ3) is 2.47. The van der Waals surface area contributed by atoms with Crippen LogP contribution < -0.4 is 16.0 Å². The number of nitrogens with one attached hydrogen (secondary N) is 1. The Bertz CT molecular complexity index is 464. The zero-order valence-corrected chi connectivity index (χ0v) is 11.5. The molecule has 1 aliphatic rings. The molecule has 94 valence electrons. The molecule has 1 aliphatic heterocycles. The number of aromatic nitrogens is 1. The van der Waals surface area contributed by atoms with Gasteiger partial charge in [-0.3, -0.25) is 0 Å². The van der Waals surface area contributed by atoms with E-state index in [1.54, 1.807) is 0 Å². The summed E-state index contributed by atoms with van der Waals surface area (Å²) < 4.78 is 2.30. The van der Waals surface area contributed by atoms with Crippen molar-refractivity contribution in [3.63, 3.8) is 0 Å². The Morgan fingerprint density at radius 1 is 1.06 bits per heavy atom. The van der Waals surface area contributed by atoms with Crippen LogP contribution in [0, 0.1) is 0 Å². The molecule has 2 heterocycles. The van der Waals surface area contributed by atoms with E-state index in [2.05, 4.69) is 62.9 Å². The fourth-order valence-electron chi connectivity index (χ4n) is 3.46.